The van der Waals surface area contributed by atoms with Crippen LogP contribution in [-0.4, -0.2) is 46.9 Å². The minimum Gasteiger partial charge on any atom is -0.458 e. The van der Waals surface area contributed by atoms with Crippen molar-refractivity contribution >= 4 is 11.9 Å². The smallest absolute Gasteiger partial charge is 0.306 e. The van der Waals surface area contributed by atoms with Crippen LogP contribution in [0, 0.1) is 0 Å². The normalized spacial score (nSPS) is 13.6. The lowest BCUT2D eigenvalue weighted by atomic mass is 10.0. The summed E-state index contributed by atoms with van der Waals surface area (Å²) in [6.45, 7) is 6.43. The predicted molar refractivity (Wildman–Crippen MR) is 278 cm³/mol. The molecule has 372 valence electrons. The maximum atomic E-state index is 13.2. The topological polar surface area (TPSA) is 95.9 Å². The zero-order valence-electron chi connectivity index (χ0n) is 42.4. The molecule has 0 aliphatic heterocycles. The molecule has 1 amide bonds. The molecule has 6 nitrogen and oxygen atoms in total. The molecular weight excluding hydrogens is 791 g/mol. The van der Waals surface area contributed by atoms with E-state index in [2.05, 4.69) is 74.7 Å². The second kappa shape index (κ2) is 51.5. The lowest BCUT2D eigenvalue weighted by molar-refractivity contribution is -0.148. The fourth-order valence-electron chi connectivity index (χ4n) is 8.11. The first-order valence-electron chi connectivity index (χ1n) is 27.5. The number of ether oxygens (including phenoxy) is 1. The van der Waals surface area contributed by atoms with E-state index < -0.39 is 18.2 Å². The highest BCUT2D eigenvalue weighted by molar-refractivity contribution is 5.78. The Kier molecular flexibility index (Phi) is 49.6. The summed E-state index contributed by atoms with van der Waals surface area (Å²) in [6, 6.07) is -0.738. The summed E-state index contributed by atoms with van der Waals surface area (Å²) in [7, 11) is 0. The first-order valence-corrected chi connectivity index (χ1v) is 27.5. The third-order valence-electron chi connectivity index (χ3n) is 12.3. The number of nitrogens with one attached hydrogen (secondary N) is 1. The van der Waals surface area contributed by atoms with Gasteiger partial charge in [0.15, 0.2) is 0 Å². The molecule has 0 aromatic carbocycles. The molecule has 0 rings (SSSR count). The van der Waals surface area contributed by atoms with Crippen molar-refractivity contribution in [2.45, 2.75) is 289 Å². The number of hydrogen-bond acceptors (Lipinski definition) is 5. The number of aliphatic hydroxyl groups excluding tert-OH is 2. The number of carbonyl (C=O) groups excluding carboxylic acids is 2. The molecule has 0 saturated heterocycles. The quantitative estimate of drug-likeness (QED) is 0.0321. The van der Waals surface area contributed by atoms with Gasteiger partial charge in [-0.15, -0.1) is 0 Å². The molecule has 3 unspecified atom stereocenters. The van der Waals surface area contributed by atoms with Crippen LogP contribution in [0.25, 0.3) is 0 Å². The van der Waals surface area contributed by atoms with Gasteiger partial charge in [0.1, 0.15) is 6.10 Å². The molecule has 0 aromatic rings. The van der Waals surface area contributed by atoms with Gasteiger partial charge >= 0.3 is 5.97 Å². The first kappa shape index (κ1) is 61.6. The average molecular weight is 896 g/mol. The maximum Gasteiger partial charge on any atom is 0.306 e. The molecule has 0 aliphatic carbocycles. The van der Waals surface area contributed by atoms with E-state index in [1.54, 1.807) is 0 Å². The van der Waals surface area contributed by atoms with Crippen LogP contribution in [-0.2, 0) is 14.3 Å². The molecule has 0 fully saturated rings. The lowest BCUT2D eigenvalue weighted by Crippen LogP contribution is -2.46. The molecule has 0 aromatic heterocycles. The molecule has 6 heteroatoms. The number of carbonyl (C=O) groups is 2. The van der Waals surface area contributed by atoms with Crippen LogP contribution in [0.1, 0.15) is 271 Å². The van der Waals surface area contributed by atoms with Crippen molar-refractivity contribution in [1.82, 2.24) is 5.32 Å². The van der Waals surface area contributed by atoms with E-state index in [0.717, 1.165) is 70.6 Å². The van der Waals surface area contributed by atoms with E-state index in [1.807, 2.05) is 12.2 Å². The molecule has 0 radical (unpaired) electrons. The summed E-state index contributed by atoms with van der Waals surface area (Å²) in [6.07, 6.45) is 64.6. The standard InChI is InChI=1S/C58H105NO5/c1-4-7-10-13-16-19-22-24-26-28-30-32-35-38-41-44-47-50-56(61)55(53-60)59-57(62)52-54(49-46-43-40-37-34-21-18-15-12-9-6-3)64-58(63)51-48-45-42-39-36-33-31-29-27-25-23-20-17-14-11-8-5-2/h17,20,25,27,31,33,37,40,46,49,54-56,60-61H,4-16,18-19,21-24,26,28-30,32,34-36,38-39,41-45,47-48,50-53H2,1-3H3,(H,59,62)/b20-17-,27-25-,33-31-,40-37-,49-46+. The van der Waals surface area contributed by atoms with Crippen LogP contribution in [0.5, 0.6) is 0 Å². The van der Waals surface area contributed by atoms with Gasteiger partial charge in [-0.1, -0.05) is 242 Å². The van der Waals surface area contributed by atoms with Crippen LogP contribution in [0.2, 0.25) is 0 Å². The van der Waals surface area contributed by atoms with E-state index >= 15 is 0 Å². The van der Waals surface area contributed by atoms with Gasteiger partial charge in [-0.25, -0.2) is 0 Å². The zero-order chi connectivity index (χ0) is 46.7. The van der Waals surface area contributed by atoms with Crippen molar-refractivity contribution in [3.8, 4) is 0 Å². The van der Waals surface area contributed by atoms with E-state index in [0.29, 0.717) is 19.3 Å². The number of allylic oxidation sites excluding steroid dienone is 9. The van der Waals surface area contributed by atoms with Gasteiger partial charge < -0.3 is 20.3 Å². The van der Waals surface area contributed by atoms with Crippen LogP contribution < -0.4 is 5.32 Å². The summed E-state index contributed by atoms with van der Waals surface area (Å²) in [5, 5.41) is 23.8. The third kappa shape index (κ3) is 46.1. The molecule has 0 aliphatic rings. The SMILES string of the molecule is CCCCC/C=C\C/C=C\C/C=C\CCCCCCC(=O)OC(/C=C/C/C=C\CCCCCCCC)CC(=O)NC(CO)C(O)CCCCCCCCCCCCCCCCCCC. The Morgan fingerprint density at radius 2 is 0.828 bits per heavy atom. The molecule has 64 heavy (non-hydrogen) atoms. The summed E-state index contributed by atoms with van der Waals surface area (Å²) in [4.78, 5) is 26.1. The summed E-state index contributed by atoms with van der Waals surface area (Å²) < 4.78 is 5.83. The Morgan fingerprint density at radius 3 is 1.28 bits per heavy atom. The fourth-order valence-corrected chi connectivity index (χ4v) is 8.11. The number of aliphatic hydroxyl groups is 2. The first-order chi connectivity index (χ1) is 31.5. The Bertz CT molecular complexity index is 1140. The monoisotopic (exact) mass is 896 g/mol. The minimum absolute atomic E-state index is 0.0384. The highest BCUT2D eigenvalue weighted by atomic mass is 16.5. The number of rotatable bonds is 49. The van der Waals surface area contributed by atoms with Crippen molar-refractivity contribution in [3.63, 3.8) is 0 Å². The van der Waals surface area contributed by atoms with Gasteiger partial charge in [-0.3, -0.25) is 9.59 Å². The van der Waals surface area contributed by atoms with E-state index in [4.69, 9.17) is 4.74 Å². The number of unbranched alkanes of at least 4 members (excludes halogenated alkanes) is 29. The minimum atomic E-state index is -0.816. The Labute approximate surface area is 397 Å². The summed E-state index contributed by atoms with van der Waals surface area (Å²) in [5.74, 6) is -0.624. The van der Waals surface area contributed by atoms with Gasteiger partial charge in [-0.2, -0.15) is 0 Å². The van der Waals surface area contributed by atoms with Crippen LogP contribution in [0.15, 0.2) is 60.8 Å². The largest absolute Gasteiger partial charge is 0.458 e. The molecule has 3 N–H and O–H groups in total. The second-order valence-corrected chi connectivity index (χ2v) is 18.6. The van der Waals surface area contributed by atoms with Crippen molar-refractivity contribution in [2.75, 3.05) is 6.61 Å². The molecular formula is C58H105NO5. The fraction of sp³-hybridized carbons (Fsp3) is 0.793. The summed E-state index contributed by atoms with van der Waals surface area (Å²) >= 11 is 0. The maximum absolute atomic E-state index is 13.2. The highest BCUT2D eigenvalue weighted by Gasteiger charge is 2.23. The van der Waals surface area contributed by atoms with E-state index in [9.17, 15) is 19.8 Å². The van der Waals surface area contributed by atoms with Crippen molar-refractivity contribution in [1.29, 1.82) is 0 Å². The summed E-state index contributed by atoms with van der Waals surface area (Å²) in [5.41, 5.74) is 0. The molecule has 0 heterocycles. The van der Waals surface area contributed by atoms with Crippen LogP contribution >= 0.6 is 0 Å². The van der Waals surface area contributed by atoms with Gasteiger partial charge in [0, 0.05) is 6.42 Å². The molecule has 0 spiro atoms. The molecule has 0 saturated carbocycles. The van der Waals surface area contributed by atoms with Crippen molar-refractivity contribution in [2.24, 2.45) is 0 Å². The molecule has 3 atom stereocenters. The van der Waals surface area contributed by atoms with E-state index in [-0.39, 0.29) is 24.9 Å². The number of amides is 1. The third-order valence-corrected chi connectivity index (χ3v) is 12.3. The Morgan fingerprint density at radius 1 is 0.469 bits per heavy atom. The Hall–Kier alpha value is -2.44. The van der Waals surface area contributed by atoms with Crippen molar-refractivity contribution < 1.29 is 24.5 Å². The van der Waals surface area contributed by atoms with Gasteiger partial charge in [0.25, 0.3) is 0 Å². The number of esters is 1. The molecule has 0 bridgehead atoms. The van der Waals surface area contributed by atoms with Gasteiger partial charge in [0.2, 0.25) is 5.91 Å². The second-order valence-electron chi connectivity index (χ2n) is 18.6. The van der Waals surface area contributed by atoms with Crippen molar-refractivity contribution in [3.05, 3.63) is 60.8 Å². The number of hydrogen-bond donors (Lipinski definition) is 3. The van der Waals surface area contributed by atoms with Gasteiger partial charge in [0.05, 0.1) is 25.2 Å². The predicted octanol–water partition coefficient (Wildman–Crippen LogP) is 16.8. The van der Waals surface area contributed by atoms with Gasteiger partial charge in [-0.05, 0) is 76.7 Å². The lowest BCUT2D eigenvalue weighted by Gasteiger charge is -2.23. The highest BCUT2D eigenvalue weighted by Crippen LogP contribution is 2.16. The van der Waals surface area contributed by atoms with Crippen LogP contribution in [0.4, 0.5) is 0 Å². The van der Waals surface area contributed by atoms with E-state index in [1.165, 1.54) is 154 Å². The zero-order valence-corrected chi connectivity index (χ0v) is 42.4. The average Bonchev–Trinajstić information content (AvgIpc) is 3.29. The van der Waals surface area contributed by atoms with Crippen LogP contribution in [0.3, 0.4) is 0 Å². The Balaban J connectivity index is 4.57.